The van der Waals surface area contributed by atoms with Crippen LogP contribution in [0.5, 0.6) is 0 Å². The predicted octanol–water partition coefficient (Wildman–Crippen LogP) is -0.0173. The Bertz CT molecular complexity index is 290. The van der Waals surface area contributed by atoms with Crippen LogP contribution in [0.15, 0.2) is 6.20 Å². The number of ketones is 1. The fourth-order valence-electron chi connectivity index (χ4n) is 1.18. The summed E-state index contributed by atoms with van der Waals surface area (Å²) in [5.74, 6) is -0.0882. The Hall–Kier alpha value is -1.23. The molecule has 0 saturated carbocycles. The smallest absolute Gasteiger partial charge is 0.186 e. The van der Waals surface area contributed by atoms with E-state index in [1.165, 1.54) is 10.9 Å². The van der Waals surface area contributed by atoms with Crippen LogP contribution in [-0.2, 0) is 7.05 Å². The summed E-state index contributed by atoms with van der Waals surface area (Å²) in [6.45, 7) is 2.32. The normalized spacial score (nSPS) is 12.8. The Balaban J connectivity index is 2.84. The van der Waals surface area contributed by atoms with Crippen molar-refractivity contribution in [2.45, 2.75) is 13.3 Å². The molecule has 1 heterocycles. The average molecular weight is 182 g/mol. The van der Waals surface area contributed by atoms with Crippen molar-refractivity contribution in [1.82, 2.24) is 15.0 Å². The minimum absolute atomic E-state index is 0.0255. The third kappa shape index (κ3) is 1.92. The SMILES string of the molecule is CCC(CN)C(=O)c1cnnn1C. The molecule has 0 fully saturated rings. The van der Waals surface area contributed by atoms with Gasteiger partial charge in [0.25, 0.3) is 0 Å². The van der Waals surface area contributed by atoms with E-state index in [2.05, 4.69) is 10.3 Å². The minimum atomic E-state index is -0.114. The van der Waals surface area contributed by atoms with Crippen molar-refractivity contribution in [3.63, 3.8) is 0 Å². The van der Waals surface area contributed by atoms with Crippen molar-refractivity contribution in [3.05, 3.63) is 11.9 Å². The molecule has 72 valence electrons. The molecule has 0 bridgehead atoms. The highest BCUT2D eigenvalue weighted by Gasteiger charge is 2.19. The molecular weight excluding hydrogens is 168 g/mol. The molecule has 0 radical (unpaired) electrons. The summed E-state index contributed by atoms with van der Waals surface area (Å²) < 4.78 is 1.47. The van der Waals surface area contributed by atoms with Gasteiger partial charge in [0.1, 0.15) is 5.69 Å². The summed E-state index contributed by atoms with van der Waals surface area (Å²) in [6, 6.07) is 0. The molecule has 5 heteroatoms. The van der Waals surface area contributed by atoms with Crippen LogP contribution in [0.1, 0.15) is 23.8 Å². The maximum Gasteiger partial charge on any atom is 0.186 e. The second-order valence-electron chi connectivity index (χ2n) is 2.95. The van der Waals surface area contributed by atoms with Crippen molar-refractivity contribution < 1.29 is 4.79 Å². The van der Waals surface area contributed by atoms with E-state index < -0.39 is 0 Å². The summed E-state index contributed by atoms with van der Waals surface area (Å²) in [5.41, 5.74) is 5.99. The first kappa shape index (κ1) is 9.85. The molecule has 13 heavy (non-hydrogen) atoms. The molecule has 0 aromatic carbocycles. The van der Waals surface area contributed by atoms with E-state index in [9.17, 15) is 4.79 Å². The lowest BCUT2D eigenvalue weighted by Gasteiger charge is -2.09. The summed E-state index contributed by atoms with van der Waals surface area (Å²) in [6.07, 6.45) is 2.22. The van der Waals surface area contributed by atoms with Crippen LogP contribution < -0.4 is 5.73 Å². The molecule has 1 aromatic heterocycles. The molecule has 0 aliphatic rings. The zero-order valence-corrected chi connectivity index (χ0v) is 7.90. The van der Waals surface area contributed by atoms with Gasteiger partial charge in [-0.15, -0.1) is 5.10 Å². The molecular formula is C8H14N4O. The van der Waals surface area contributed by atoms with Crippen molar-refractivity contribution in [1.29, 1.82) is 0 Å². The number of aryl methyl sites for hydroxylation is 1. The minimum Gasteiger partial charge on any atom is -0.330 e. The van der Waals surface area contributed by atoms with Crippen molar-refractivity contribution in [2.24, 2.45) is 18.7 Å². The first-order chi connectivity index (χ1) is 6.20. The van der Waals surface area contributed by atoms with Crippen molar-refractivity contribution in [2.75, 3.05) is 6.54 Å². The molecule has 1 aromatic rings. The lowest BCUT2D eigenvalue weighted by molar-refractivity contribution is 0.0911. The fourth-order valence-corrected chi connectivity index (χ4v) is 1.18. The van der Waals surface area contributed by atoms with Crippen LogP contribution in [0, 0.1) is 5.92 Å². The number of carbonyl (C=O) groups excluding carboxylic acids is 1. The number of nitrogens with zero attached hydrogens (tertiary/aromatic N) is 3. The molecule has 0 aliphatic carbocycles. The zero-order chi connectivity index (χ0) is 9.84. The van der Waals surface area contributed by atoms with Gasteiger partial charge < -0.3 is 5.73 Å². The van der Waals surface area contributed by atoms with Crippen molar-refractivity contribution >= 4 is 5.78 Å². The van der Waals surface area contributed by atoms with E-state index in [1.54, 1.807) is 7.05 Å². The van der Waals surface area contributed by atoms with E-state index in [0.717, 1.165) is 6.42 Å². The van der Waals surface area contributed by atoms with Gasteiger partial charge in [-0.1, -0.05) is 12.1 Å². The van der Waals surface area contributed by atoms with Gasteiger partial charge in [0.15, 0.2) is 5.78 Å². The van der Waals surface area contributed by atoms with E-state index in [1.807, 2.05) is 6.92 Å². The van der Waals surface area contributed by atoms with Crippen molar-refractivity contribution in [3.8, 4) is 0 Å². The molecule has 0 aliphatic heterocycles. The highest BCUT2D eigenvalue weighted by molar-refractivity contribution is 5.96. The van der Waals surface area contributed by atoms with Gasteiger partial charge >= 0.3 is 0 Å². The Labute approximate surface area is 76.9 Å². The topological polar surface area (TPSA) is 73.8 Å². The number of nitrogens with two attached hydrogens (primary N) is 1. The molecule has 0 amide bonds. The van der Waals surface area contributed by atoms with E-state index in [0.29, 0.717) is 12.2 Å². The maximum absolute atomic E-state index is 11.7. The second kappa shape index (κ2) is 4.13. The number of carbonyl (C=O) groups is 1. The zero-order valence-electron chi connectivity index (χ0n) is 7.90. The van der Waals surface area contributed by atoms with Crippen LogP contribution >= 0.6 is 0 Å². The van der Waals surface area contributed by atoms with Gasteiger partial charge in [-0.3, -0.25) is 4.79 Å². The van der Waals surface area contributed by atoms with Crippen LogP contribution in [0.25, 0.3) is 0 Å². The standard InChI is InChI=1S/C8H14N4O/c1-3-6(4-9)8(13)7-5-10-11-12(7)2/h5-6H,3-4,9H2,1-2H3. The van der Waals surface area contributed by atoms with Gasteiger partial charge in [0.05, 0.1) is 6.20 Å². The number of aromatic nitrogens is 3. The molecule has 1 unspecified atom stereocenters. The molecule has 1 rings (SSSR count). The maximum atomic E-state index is 11.7. The van der Waals surface area contributed by atoms with E-state index in [4.69, 9.17) is 5.73 Å². The lowest BCUT2D eigenvalue weighted by atomic mass is 9.99. The van der Waals surface area contributed by atoms with E-state index >= 15 is 0 Å². The fraction of sp³-hybridized carbons (Fsp3) is 0.625. The van der Waals surface area contributed by atoms with Gasteiger partial charge in [-0.2, -0.15) is 0 Å². The second-order valence-corrected chi connectivity index (χ2v) is 2.95. The Morgan fingerprint density at radius 1 is 1.77 bits per heavy atom. The summed E-state index contributed by atoms with van der Waals surface area (Å²) in [4.78, 5) is 11.7. The highest BCUT2D eigenvalue weighted by atomic mass is 16.1. The van der Waals surface area contributed by atoms with Crippen LogP contribution in [0.2, 0.25) is 0 Å². The van der Waals surface area contributed by atoms with Crippen LogP contribution in [0.4, 0.5) is 0 Å². The third-order valence-electron chi connectivity index (χ3n) is 2.12. The number of hydrogen-bond donors (Lipinski definition) is 1. The monoisotopic (exact) mass is 182 g/mol. The van der Waals surface area contributed by atoms with Gasteiger partial charge in [0.2, 0.25) is 0 Å². The van der Waals surface area contributed by atoms with Gasteiger partial charge in [-0.25, -0.2) is 4.68 Å². The van der Waals surface area contributed by atoms with E-state index in [-0.39, 0.29) is 11.7 Å². The first-order valence-electron chi connectivity index (χ1n) is 4.29. The highest BCUT2D eigenvalue weighted by Crippen LogP contribution is 2.08. The average Bonchev–Trinajstić information content (AvgIpc) is 2.53. The summed E-state index contributed by atoms with van der Waals surface area (Å²) in [5, 5.41) is 7.34. The molecule has 2 N–H and O–H groups in total. The third-order valence-corrected chi connectivity index (χ3v) is 2.12. The predicted molar refractivity (Wildman–Crippen MR) is 48.2 cm³/mol. The molecule has 5 nitrogen and oxygen atoms in total. The molecule has 0 saturated heterocycles. The number of rotatable bonds is 4. The largest absolute Gasteiger partial charge is 0.330 e. The number of hydrogen-bond acceptors (Lipinski definition) is 4. The quantitative estimate of drug-likeness (QED) is 0.664. The molecule has 1 atom stereocenters. The van der Waals surface area contributed by atoms with Crippen LogP contribution in [-0.4, -0.2) is 27.3 Å². The summed E-state index contributed by atoms with van der Waals surface area (Å²) >= 11 is 0. The van der Waals surface area contributed by atoms with Gasteiger partial charge in [0, 0.05) is 19.5 Å². The molecule has 0 spiro atoms. The van der Waals surface area contributed by atoms with Crippen LogP contribution in [0.3, 0.4) is 0 Å². The Morgan fingerprint density at radius 2 is 2.46 bits per heavy atom. The lowest BCUT2D eigenvalue weighted by Crippen LogP contribution is -2.24. The number of Topliss-reactive ketones (excluding diaryl/α,β-unsaturated/α-hetero) is 1. The Morgan fingerprint density at radius 3 is 2.85 bits per heavy atom. The van der Waals surface area contributed by atoms with Gasteiger partial charge in [-0.05, 0) is 6.42 Å². The first-order valence-corrected chi connectivity index (χ1v) is 4.29. The summed E-state index contributed by atoms with van der Waals surface area (Å²) in [7, 11) is 1.70. The Kier molecular flexibility index (Phi) is 3.13.